The number of nitrogens with one attached hydrogen (secondary N) is 1. The lowest BCUT2D eigenvalue weighted by Gasteiger charge is -2.39. The highest BCUT2D eigenvalue weighted by atomic mass is 16.6. The molecule has 19 heteroatoms. The normalized spacial score (nSPS) is 17.9. The number of rotatable bonds is 8. The monoisotopic (exact) mass is 888 g/mol. The van der Waals surface area contributed by atoms with E-state index < -0.39 is 36.6 Å². The Bertz CT molecular complexity index is 2360. The second kappa shape index (κ2) is 21.8. The molecule has 0 radical (unpaired) electrons. The van der Waals surface area contributed by atoms with E-state index in [1.807, 2.05) is 31.2 Å². The predicted molar refractivity (Wildman–Crippen MR) is 236 cm³/mol. The van der Waals surface area contributed by atoms with Gasteiger partial charge in [0, 0.05) is 79.3 Å². The van der Waals surface area contributed by atoms with Gasteiger partial charge < -0.3 is 44.4 Å². The Hall–Kier alpha value is -7.38. The van der Waals surface area contributed by atoms with Gasteiger partial charge in [0.15, 0.2) is 0 Å². The number of carbonyl (C=O) groups excluding carboxylic acids is 8. The lowest BCUT2D eigenvalue weighted by atomic mass is 9.80. The van der Waals surface area contributed by atoms with Crippen molar-refractivity contribution in [2.75, 3.05) is 70.5 Å². The number of piperazine rings is 2. The third kappa shape index (κ3) is 11.8. The number of anilines is 1. The molecule has 2 atom stereocenters. The minimum Gasteiger partial charge on any atom is -0.448 e. The van der Waals surface area contributed by atoms with E-state index in [0.717, 1.165) is 0 Å². The maximum absolute atomic E-state index is 12.8. The van der Waals surface area contributed by atoms with Crippen molar-refractivity contribution in [1.82, 2.24) is 24.9 Å². The first-order valence-electron chi connectivity index (χ1n) is 21.0. The molecular weight excluding hydrogens is 839 g/mol. The molecule has 0 aliphatic carbocycles. The Morgan fingerprint density at radius 2 is 1.03 bits per heavy atom. The topological polar surface area (TPSA) is 224 Å². The molecule has 4 saturated heterocycles. The van der Waals surface area contributed by atoms with Crippen LogP contribution in [0.15, 0.2) is 109 Å². The van der Waals surface area contributed by atoms with Gasteiger partial charge in [-0.05, 0) is 67.8 Å². The van der Waals surface area contributed by atoms with Crippen LogP contribution in [0.25, 0.3) is 0 Å². The molecule has 0 unspecified atom stereocenters. The molecule has 3 N–H and O–H groups in total. The van der Waals surface area contributed by atoms with Gasteiger partial charge in [0.25, 0.3) is 23.6 Å². The highest BCUT2D eigenvalue weighted by Gasteiger charge is 2.35. The molecule has 4 aromatic rings. The molecular formula is C46H49BN6O12. The Kier molecular flexibility index (Phi) is 15.8. The van der Waals surface area contributed by atoms with Crippen molar-refractivity contribution >= 4 is 65.7 Å². The molecule has 338 valence electrons. The van der Waals surface area contributed by atoms with Gasteiger partial charge in [0.1, 0.15) is 13.2 Å². The van der Waals surface area contributed by atoms with Crippen LogP contribution in [0.1, 0.15) is 55.3 Å². The largest absolute Gasteiger partial charge is 0.488 e. The zero-order chi connectivity index (χ0) is 46.6. The Morgan fingerprint density at radius 3 is 1.38 bits per heavy atom. The summed E-state index contributed by atoms with van der Waals surface area (Å²) in [5.74, 6) is -2.66. The predicted octanol–water partition coefficient (Wildman–Crippen LogP) is 1.85. The molecule has 4 aromatic carbocycles. The molecule has 8 rings (SSSR count). The fraction of sp³-hybridized carbons (Fsp3) is 0.304. The Labute approximate surface area is 375 Å². The number of alkyl carbamates (subject to hydrolysis) is 1. The van der Waals surface area contributed by atoms with Crippen LogP contribution in [0.3, 0.4) is 0 Å². The SMILES string of the molecule is C[C@@H]1CN(C(=O)c2ccccc2)CCN1C(=O)C(=O)c1ccc(B(O)O)cc1.C[C@@H]1CN(C(=O)c2ccccc2)CCN1C(=O)C(=O)c1ccc(N2CCOC2=O)cc1.O=C1NCCO1. The summed E-state index contributed by atoms with van der Waals surface area (Å²) in [6, 6.07) is 29.3. The van der Waals surface area contributed by atoms with Crippen LogP contribution in [0.5, 0.6) is 0 Å². The summed E-state index contributed by atoms with van der Waals surface area (Å²) in [6.07, 6.45) is -0.720. The fourth-order valence-electron chi connectivity index (χ4n) is 7.50. The van der Waals surface area contributed by atoms with Gasteiger partial charge in [0.2, 0.25) is 11.6 Å². The Balaban J connectivity index is 0.000000191. The molecule has 4 aliphatic rings. The average molecular weight is 889 g/mol. The second-order valence-electron chi connectivity index (χ2n) is 15.5. The lowest BCUT2D eigenvalue weighted by Crippen LogP contribution is -2.56. The van der Waals surface area contributed by atoms with E-state index >= 15 is 0 Å². The number of hydrogen-bond acceptors (Lipinski definition) is 12. The summed E-state index contributed by atoms with van der Waals surface area (Å²) >= 11 is 0. The number of benzene rings is 4. The molecule has 0 spiro atoms. The quantitative estimate of drug-likeness (QED) is 0.131. The van der Waals surface area contributed by atoms with E-state index in [0.29, 0.717) is 75.8 Å². The maximum Gasteiger partial charge on any atom is 0.488 e. The highest BCUT2D eigenvalue weighted by molar-refractivity contribution is 6.58. The number of cyclic esters (lactones) is 2. The average Bonchev–Trinajstić information content (AvgIpc) is 4.01. The minimum atomic E-state index is -1.63. The van der Waals surface area contributed by atoms with Gasteiger partial charge >= 0.3 is 19.3 Å². The first-order chi connectivity index (χ1) is 31.2. The smallest absolute Gasteiger partial charge is 0.448 e. The summed E-state index contributed by atoms with van der Waals surface area (Å²) in [7, 11) is -1.63. The van der Waals surface area contributed by atoms with E-state index in [4.69, 9.17) is 14.8 Å². The number of ketones is 2. The van der Waals surface area contributed by atoms with Gasteiger partial charge in [-0.25, -0.2) is 9.59 Å². The third-order valence-corrected chi connectivity index (χ3v) is 11.1. The molecule has 4 aliphatic heterocycles. The van der Waals surface area contributed by atoms with Crippen LogP contribution < -0.4 is 15.7 Å². The van der Waals surface area contributed by atoms with Crippen molar-refractivity contribution < 1.29 is 57.9 Å². The van der Waals surface area contributed by atoms with E-state index in [2.05, 4.69) is 10.1 Å². The first kappa shape index (κ1) is 47.1. The van der Waals surface area contributed by atoms with E-state index in [-0.39, 0.29) is 53.1 Å². The zero-order valence-corrected chi connectivity index (χ0v) is 35.9. The molecule has 6 amide bonds. The van der Waals surface area contributed by atoms with Crippen LogP contribution in [0.2, 0.25) is 0 Å². The third-order valence-electron chi connectivity index (χ3n) is 11.1. The summed E-state index contributed by atoms with van der Waals surface area (Å²) in [5.41, 5.74) is 2.50. The van der Waals surface area contributed by atoms with E-state index in [1.165, 1.54) is 39.0 Å². The van der Waals surface area contributed by atoms with Crippen molar-refractivity contribution in [2.45, 2.75) is 25.9 Å². The molecule has 65 heavy (non-hydrogen) atoms. The number of nitrogens with zero attached hydrogens (tertiary/aromatic N) is 5. The number of hydrogen-bond donors (Lipinski definition) is 3. The van der Waals surface area contributed by atoms with Gasteiger partial charge in [0.05, 0.1) is 13.1 Å². The number of carbonyl (C=O) groups is 8. The van der Waals surface area contributed by atoms with Crippen LogP contribution in [0, 0.1) is 0 Å². The summed E-state index contributed by atoms with van der Waals surface area (Å²) in [6.45, 7) is 7.62. The van der Waals surface area contributed by atoms with Crippen LogP contribution in [-0.2, 0) is 19.1 Å². The van der Waals surface area contributed by atoms with Crippen LogP contribution in [-0.4, -0.2) is 162 Å². The standard InChI is InChI=1S/C23H23N3O5.C20H21BN2O5.C3H5NO2/c1-16-15-24(21(28)18-5-3-2-4-6-18)11-12-25(16)22(29)20(27)17-7-9-19(10-8-17)26-13-14-31-23(26)30;1-14-13-22(19(25)16-5-3-2-4-6-16)11-12-23(14)20(26)18(24)15-7-9-17(10-8-15)21(27)28;5-3-4-1-2-6-3/h2-10,16H,11-15H2,1H3;2-10,14,27-28H,11-13H2,1H3;1-2H2,(H,4,5)/t16-;14-;/m11./s1. The van der Waals surface area contributed by atoms with Crippen molar-refractivity contribution in [1.29, 1.82) is 0 Å². The lowest BCUT2D eigenvalue weighted by molar-refractivity contribution is -0.130. The van der Waals surface area contributed by atoms with Crippen LogP contribution >= 0.6 is 0 Å². The number of ether oxygens (including phenoxy) is 2. The second-order valence-corrected chi connectivity index (χ2v) is 15.5. The first-order valence-corrected chi connectivity index (χ1v) is 21.0. The molecule has 4 fully saturated rings. The van der Waals surface area contributed by atoms with Gasteiger partial charge in [-0.3, -0.25) is 33.7 Å². The van der Waals surface area contributed by atoms with Gasteiger partial charge in [-0.15, -0.1) is 0 Å². The van der Waals surface area contributed by atoms with Crippen molar-refractivity contribution in [2.24, 2.45) is 0 Å². The summed E-state index contributed by atoms with van der Waals surface area (Å²) < 4.78 is 9.31. The summed E-state index contributed by atoms with van der Waals surface area (Å²) in [4.78, 5) is 105. The number of Topliss-reactive ketones (excluding diaryl/α,β-unsaturated/α-hetero) is 2. The molecule has 0 bridgehead atoms. The summed E-state index contributed by atoms with van der Waals surface area (Å²) in [5, 5.41) is 20.7. The van der Waals surface area contributed by atoms with Crippen LogP contribution in [0.4, 0.5) is 15.3 Å². The Morgan fingerprint density at radius 1 is 0.569 bits per heavy atom. The minimum absolute atomic E-state index is 0.0816. The van der Waals surface area contributed by atoms with E-state index in [9.17, 15) is 38.4 Å². The fourth-order valence-corrected chi connectivity index (χ4v) is 7.50. The van der Waals surface area contributed by atoms with Crippen molar-refractivity contribution in [3.05, 3.63) is 131 Å². The van der Waals surface area contributed by atoms with Gasteiger partial charge in [-0.1, -0.05) is 60.7 Å². The van der Waals surface area contributed by atoms with E-state index in [1.54, 1.807) is 77.4 Å². The van der Waals surface area contributed by atoms with Crippen molar-refractivity contribution in [3.8, 4) is 0 Å². The molecule has 0 saturated carbocycles. The molecule has 4 heterocycles. The van der Waals surface area contributed by atoms with Crippen molar-refractivity contribution in [3.63, 3.8) is 0 Å². The van der Waals surface area contributed by atoms with Gasteiger partial charge in [-0.2, -0.15) is 0 Å². The molecule has 18 nitrogen and oxygen atoms in total. The molecule has 0 aromatic heterocycles. The zero-order valence-electron chi connectivity index (χ0n) is 35.9. The number of amides is 6. The highest BCUT2D eigenvalue weighted by Crippen LogP contribution is 2.21. The maximum atomic E-state index is 12.8.